The van der Waals surface area contributed by atoms with E-state index in [9.17, 15) is 4.79 Å². The molecular formula is C18H26N4O. The Balaban J connectivity index is 1.57. The molecule has 0 aromatic carbocycles. The van der Waals surface area contributed by atoms with E-state index >= 15 is 0 Å². The van der Waals surface area contributed by atoms with Gasteiger partial charge in [-0.3, -0.25) is 9.88 Å². The van der Waals surface area contributed by atoms with Gasteiger partial charge in [0.25, 0.3) is 0 Å². The van der Waals surface area contributed by atoms with Crippen LogP contribution in [0.5, 0.6) is 0 Å². The van der Waals surface area contributed by atoms with Crippen LogP contribution in [0.1, 0.15) is 31.4 Å². The van der Waals surface area contributed by atoms with Crippen LogP contribution in [0, 0.1) is 5.41 Å². The lowest BCUT2D eigenvalue weighted by Crippen LogP contribution is -2.46. The first-order valence-electron chi connectivity index (χ1n) is 8.42. The fraction of sp³-hybridized carbons (Fsp3) is 0.556. The van der Waals surface area contributed by atoms with E-state index in [1.165, 1.54) is 6.42 Å². The highest BCUT2D eigenvalue weighted by molar-refractivity contribution is 5.72. The van der Waals surface area contributed by atoms with Gasteiger partial charge in [0.1, 0.15) is 0 Å². The lowest BCUT2D eigenvalue weighted by atomic mass is 9.71. The van der Waals surface area contributed by atoms with Crippen molar-refractivity contribution in [2.24, 2.45) is 11.1 Å². The maximum atomic E-state index is 11.3. The van der Waals surface area contributed by atoms with Crippen molar-refractivity contribution in [1.82, 2.24) is 14.8 Å². The third-order valence-corrected chi connectivity index (χ3v) is 5.38. The van der Waals surface area contributed by atoms with Crippen LogP contribution in [0.4, 0.5) is 4.79 Å². The zero-order valence-corrected chi connectivity index (χ0v) is 13.8. The monoisotopic (exact) mass is 314 g/mol. The number of rotatable bonds is 3. The summed E-state index contributed by atoms with van der Waals surface area (Å²) in [5, 5.41) is 0. The molecule has 1 aliphatic heterocycles. The lowest BCUT2D eigenvalue weighted by molar-refractivity contribution is 0.127. The van der Waals surface area contributed by atoms with Gasteiger partial charge in [-0.2, -0.15) is 0 Å². The van der Waals surface area contributed by atoms with E-state index in [2.05, 4.69) is 35.1 Å². The largest absolute Gasteiger partial charge is 0.351 e. The summed E-state index contributed by atoms with van der Waals surface area (Å²) in [7, 11) is 2.16. The van der Waals surface area contributed by atoms with Gasteiger partial charge in [-0.05, 0) is 50.3 Å². The minimum absolute atomic E-state index is 0.272. The normalized spacial score (nSPS) is 23.4. The Morgan fingerprint density at radius 1 is 1.39 bits per heavy atom. The Labute approximate surface area is 138 Å². The van der Waals surface area contributed by atoms with Gasteiger partial charge in [0.05, 0.1) is 5.69 Å². The average molecular weight is 314 g/mol. The Bertz CT molecular complexity index is 564. The van der Waals surface area contributed by atoms with Crippen molar-refractivity contribution in [1.29, 1.82) is 0 Å². The summed E-state index contributed by atoms with van der Waals surface area (Å²) < 4.78 is 0. The molecule has 0 radical (unpaired) electrons. The van der Waals surface area contributed by atoms with Crippen molar-refractivity contribution in [3.05, 3.63) is 42.2 Å². The molecule has 1 aromatic rings. The number of hydrogen-bond donors (Lipinski definition) is 1. The lowest BCUT2D eigenvalue weighted by Gasteiger charge is -2.43. The number of carbonyl (C=O) groups is 1. The molecule has 1 atom stereocenters. The summed E-state index contributed by atoms with van der Waals surface area (Å²) in [6.45, 7) is 2.44. The highest BCUT2D eigenvalue weighted by Gasteiger charge is 2.36. The number of urea groups is 1. The van der Waals surface area contributed by atoms with Crippen LogP contribution in [0.25, 0.3) is 0 Å². The van der Waals surface area contributed by atoms with Crippen molar-refractivity contribution in [2.75, 3.05) is 20.1 Å². The van der Waals surface area contributed by atoms with Crippen LogP contribution in [0.15, 0.2) is 36.5 Å². The van der Waals surface area contributed by atoms with E-state index in [1.54, 1.807) is 4.90 Å². The molecule has 1 fully saturated rings. The van der Waals surface area contributed by atoms with Crippen LogP contribution in [-0.2, 0) is 6.54 Å². The van der Waals surface area contributed by atoms with Gasteiger partial charge >= 0.3 is 6.03 Å². The quantitative estimate of drug-likeness (QED) is 0.871. The van der Waals surface area contributed by atoms with Crippen LogP contribution in [0.3, 0.4) is 0 Å². The number of aromatic nitrogens is 1. The van der Waals surface area contributed by atoms with Crippen LogP contribution < -0.4 is 5.73 Å². The number of likely N-dealkylation sites (N-methyl/N-ethyl adjacent to an activating group) is 1. The maximum Gasteiger partial charge on any atom is 0.314 e. The minimum atomic E-state index is -0.285. The summed E-state index contributed by atoms with van der Waals surface area (Å²) in [6.07, 6.45) is 11.0. The van der Waals surface area contributed by atoms with E-state index in [0.717, 1.165) is 44.6 Å². The molecule has 23 heavy (non-hydrogen) atoms. The van der Waals surface area contributed by atoms with Crippen molar-refractivity contribution in [3.8, 4) is 0 Å². The third kappa shape index (κ3) is 3.72. The second-order valence-corrected chi connectivity index (χ2v) is 6.89. The number of primary amides is 1. The van der Waals surface area contributed by atoms with Gasteiger partial charge in [0.15, 0.2) is 0 Å². The first-order valence-corrected chi connectivity index (χ1v) is 8.42. The molecule has 5 heteroatoms. The summed E-state index contributed by atoms with van der Waals surface area (Å²) in [5.74, 6) is 0. The van der Waals surface area contributed by atoms with Crippen molar-refractivity contribution >= 4 is 6.03 Å². The minimum Gasteiger partial charge on any atom is -0.351 e. The van der Waals surface area contributed by atoms with Crippen LogP contribution in [-0.4, -0.2) is 47.0 Å². The molecule has 3 rings (SSSR count). The number of nitrogens with zero attached hydrogens (tertiary/aromatic N) is 3. The van der Waals surface area contributed by atoms with E-state index in [0.29, 0.717) is 6.04 Å². The maximum absolute atomic E-state index is 11.3. The van der Waals surface area contributed by atoms with Crippen molar-refractivity contribution in [3.63, 3.8) is 0 Å². The fourth-order valence-corrected chi connectivity index (χ4v) is 3.75. The van der Waals surface area contributed by atoms with E-state index in [4.69, 9.17) is 5.73 Å². The number of piperidine rings is 1. The molecule has 1 aliphatic carbocycles. The third-order valence-electron chi connectivity index (χ3n) is 5.38. The van der Waals surface area contributed by atoms with Crippen LogP contribution in [0.2, 0.25) is 0 Å². The zero-order valence-electron chi connectivity index (χ0n) is 13.8. The predicted molar refractivity (Wildman–Crippen MR) is 90.7 cm³/mol. The Morgan fingerprint density at radius 2 is 2.17 bits per heavy atom. The second kappa shape index (κ2) is 6.71. The number of allylic oxidation sites excluding steroid dienone is 1. The first kappa shape index (κ1) is 16.0. The van der Waals surface area contributed by atoms with E-state index in [-0.39, 0.29) is 11.4 Å². The number of hydrogen-bond acceptors (Lipinski definition) is 3. The van der Waals surface area contributed by atoms with Gasteiger partial charge in [-0.25, -0.2) is 4.79 Å². The number of carbonyl (C=O) groups excluding carboxylic acids is 1. The molecule has 1 aromatic heterocycles. The summed E-state index contributed by atoms with van der Waals surface area (Å²) >= 11 is 0. The molecule has 2 N–H and O–H groups in total. The molecule has 2 heterocycles. The van der Waals surface area contributed by atoms with E-state index in [1.807, 2.05) is 18.3 Å². The van der Waals surface area contributed by atoms with Gasteiger partial charge < -0.3 is 10.6 Å². The van der Waals surface area contributed by atoms with Gasteiger partial charge in [0.2, 0.25) is 0 Å². The number of pyridine rings is 1. The van der Waals surface area contributed by atoms with Gasteiger partial charge in [-0.15, -0.1) is 0 Å². The zero-order chi connectivity index (χ0) is 16.3. The fourth-order valence-electron chi connectivity index (χ4n) is 3.75. The van der Waals surface area contributed by atoms with Gasteiger partial charge in [-0.1, -0.05) is 18.2 Å². The molecule has 124 valence electrons. The predicted octanol–water partition coefficient (Wildman–Crippen LogP) is 2.39. The van der Waals surface area contributed by atoms with Crippen molar-refractivity contribution in [2.45, 2.75) is 38.3 Å². The molecule has 0 saturated carbocycles. The Kier molecular flexibility index (Phi) is 4.66. The average Bonchev–Trinajstić information content (AvgIpc) is 2.57. The summed E-state index contributed by atoms with van der Waals surface area (Å²) in [6, 6.07) is 6.24. The summed E-state index contributed by atoms with van der Waals surface area (Å²) in [4.78, 5) is 19.8. The molecule has 0 bridgehead atoms. The Hall–Kier alpha value is -1.88. The van der Waals surface area contributed by atoms with Gasteiger partial charge in [0, 0.05) is 31.9 Å². The SMILES string of the molecule is CN(Cc1ccccn1)C1C=CC2(CC1)CCN(C(N)=O)CC2. The second-order valence-electron chi connectivity index (χ2n) is 6.89. The molecule has 1 saturated heterocycles. The highest BCUT2D eigenvalue weighted by Crippen LogP contribution is 2.41. The molecular weight excluding hydrogens is 288 g/mol. The topological polar surface area (TPSA) is 62.5 Å². The Morgan fingerprint density at radius 3 is 2.74 bits per heavy atom. The van der Waals surface area contributed by atoms with Crippen molar-refractivity contribution < 1.29 is 4.79 Å². The number of likely N-dealkylation sites (tertiary alicyclic amines) is 1. The molecule has 5 nitrogen and oxygen atoms in total. The highest BCUT2D eigenvalue weighted by atomic mass is 16.2. The molecule has 1 spiro atoms. The van der Waals surface area contributed by atoms with Crippen LogP contribution >= 0.6 is 0 Å². The number of nitrogens with two attached hydrogens (primary N) is 1. The summed E-state index contributed by atoms with van der Waals surface area (Å²) in [5.41, 5.74) is 6.76. The molecule has 2 aliphatic rings. The molecule has 2 amide bonds. The van der Waals surface area contributed by atoms with E-state index < -0.39 is 0 Å². The number of amides is 2. The first-order chi connectivity index (χ1) is 11.1. The standard InChI is InChI=1S/C18H26N4O/c1-21(14-15-4-2-3-11-20-15)16-5-7-18(8-6-16)9-12-22(13-10-18)17(19)23/h2-5,7,11,16H,6,8-10,12-14H2,1H3,(H2,19,23). The molecule has 1 unspecified atom stereocenters. The smallest absolute Gasteiger partial charge is 0.314 e.